The van der Waals surface area contributed by atoms with Crippen molar-refractivity contribution in [2.75, 3.05) is 27.3 Å². The molecular formula is C29H36N2O3. The third-order valence-corrected chi connectivity index (χ3v) is 6.79. The topological polar surface area (TPSA) is 50.8 Å². The van der Waals surface area contributed by atoms with E-state index in [-0.39, 0.29) is 17.4 Å². The molecule has 5 heteroatoms. The molecule has 4 rings (SSSR count). The minimum absolute atomic E-state index is 0.0137. The molecule has 0 atom stereocenters. The van der Waals surface area contributed by atoms with Gasteiger partial charge in [0.05, 0.1) is 14.2 Å². The molecule has 0 bridgehead atoms. The lowest BCUT2D eigenvalue weighted by Gasteiger charge is -2.33. The van der Waals surface area contributed by atoms with Crippen molar-refractivity contribution in [3.05, 3.63) is 71.3 Å². The highest BCUT2D eigenvalue weighted by atomic mass is 16.5. The van der Waals surface area contributed by atoms with Gasteiger partial charge >= 0.3 is 0 Å². The van der Waals surface area contributed by atoms with Gasteiger partial charge in [0.2, 0.25) is 0 Å². The average molecular weight is 461 g/mol. The number of nitrogens with one attached hydrogen (secondary N) is 1. The summed E-state index contributed by atoms with van der Waals surface area (Å²) in [7, 11) is 3.44. The molecule has 34 heavy (non-hydrogen) atoms. The molecule has 3 aromatic rings. The molecule has 0 aromatic heterocycles. The van der Waals surface area contributed by atoms with Gasteiger partial charge in [0.1, 0.15) is 11.5 Å². The molecule has 1 saturated heterocycles. The zero-order valence-corrected chi connectivity index (χ0v) is 21.0. The Morgan fingerprint density at radius 1 is 0.971 bits per heavy atom. The highest BCUT2D eigenvalue weighted by Crippen LogP contribution is 2.37. The van der Waals surface area contributed by atoms with Crippen LogP contribution in [-0.4, -0.2) is 44.2 Å². The van der Waals surface area contributed by atoms with Gasteiger partial charge in [0, 0.05) is 47.6 Å². The zero-order chi connectivity index (χ0) is 24.3. The molecule has 1 N–H and O–H groups in total. The summed E-state index contributed by atoms with van der Waals surface area (Å²) in [5.74, 6) is 1.79. The Labute approximate surface area is 203 Å². The number of nitrogens with zero attached hydrogens (tertiary/aromatic N) is 1. The molecule has 1 fully saturated rings. The van der Waals surface area contributed by atoms with Crippen molar-refractivity contribution < 1.29 is 14.3 Å². The second-order valence-corrected chi connectivity index (χ2v) is 10.2. The van der Waals surface area contributed by atoms with Crippen molar-refractivity contribution in [1.82, 2.24) is 10.2 Å². The van der Waals surface area contributed by atoms with E-state index in [0.717, 1.165) is 65.9 Å². The first kappa shape index (κ1) is 24.1. The van der Waals surface area contributed by atoms with E-state index in [2.05, 4.69) is 61.3 Å². The Hall–Kier alpha value is -3.05. The van der Waals surface area contributed by atoms with Crippen LogP contribution in [0.25, 0.3) is 10.8 Å². The molecule has 1 heterocycles. The van der Waals surface area contributed by atoms with Crippen LogP contribution in [0.3, 0.4) is 0 Å². The first-order valence-corrected chi connectivity index (χ1v) is 12.1. The van der Waals surface area contributed by atoms with E-state index in [1.165, 1.54) is 5.56 Å². The maximum absolute atomic E-state index is 12.8. The molecule has 0 aliphatic carbocycles. The molecule has 0 spiro atoms. The van der Waals surface area contributed by atoms with E-state index < -0.39 is 0 Å². The standard InChI is InChI=1S/C29H36N2O3/c1-29(2,3)22-12-10-20(11-13-22)28(32)30-23-14-16-31(17-15-23)19-21-18-26(33-4)24-8-6-7-9-25(24)27(21)34-5/h6-13,18,23H,14-17,19H2,1-5H3,(H,30,32). The molecule has 3 aromatic carbocycles. The van der Waals surface area contributed by atoms with Crippen molar-refractivity contribution in [3.63, 3.8) is 0 Å². The lowest BCUT2D eigenvalue weighted by molar-refractivity contribution is 0.0908. The highest BCUT2D eigenvalue weighted by molar-refractivity contribution is 5.95. The smallest absolute Gasteiger partial charge is 0.251 e. The van der Waals surface area contributed by atoms with E-state index in [1.54, 1.807) is 14.2 Å². The number of hydrogen-bond acceptors (Lipinski definition) is 4. The molecule has 1 amide bonds. The predicted molar refractivity (Wildman–Crippen MR) is 138 cm³/mol. The summed E-state index contributed by atoms with van der Waals surface area (Å²) in [6, 6.07) is 18.5. The third-order valence-electron chi connectivity index (χ3n) is 6.79. The number of benzene rings is 3. The molecule has 1 aliphatic rings. The predicted octanol–water partition coefficient (Wildman–Crippen LogP) is 5.55. The van der Waals surface area contributed by atoms with E-state index >= 15 is 0 Å². The van der Waals surface area contributed by atoms with Crippen LogP contribution in [0.5, 0.6) is 11.5 Å². The van der Waals surface area contributed by atoms with Gasteiger partial charge in [-0.3, -0.25) is 9.69 Å². The lowest BCUT2D eigenvalue weighted by Crippen LogP contribution is -2.44. The van der Waals surface area contributed by atoms with Crippen LogP contribution in [0, 0.1) is 0 Å². The van der Waals surface area contributed by atoms with Crippen LogP contribution < -0.4 is 14.8 Å². The number of piperidine rings is 1. The summed E-state index contributed by atoms with van der Waals surface area (Å²) < 4.78 is 11.5. The summed E-state index contributed by atoms with van der Waals surface area (Å²) in [5, 5.41) is 5.36. The van der Waals surface area contributed by atoms with Crippen LogP contribution in [0.2, 0.25) is 0 Å². The van der Waals surface area contributed by atoms with Gasteiger partial charge < -0.3 is 14.8 Å². The first-order valence-electron chi connectivity index (χ1n) is 12.1. The van der Waals surface area contributed by atoms with Gasteiger partial charge in [0.25, 0.3) is 5.91 Å². The fourth-order valence-corrected chi connectivity index (χ4v) is 4.76. The fourth-order valence-electron chi connectivity index (χ4n) is 4.76. The third kappa shape index (κ3) is 5.20. The van der Waals surface area contributed by atoms with Crippen molar-refractivity contribution in [1.29, 1.82) is 0 Å². The summed E-state index contributed by atoms with van der Waals surface area (Å²) in [6.07, 6.45) is 1.86. The van der Waals surface area contributed by atoms with Gasteiger partial charge in [-0.25, -0.2) is 0 Å². The highest BCUT2D eigenvalue weighted by Gasteiger charge is 2.23. The number of carbonyl (C=O) groups excluding carboxylic acids is 1. The Morgan fingerprint density at radius 3 is 2.21 bits per heavy atom. The van der Waals surface area contributed by atoms with Crippen LogP contribution in [0.15, 0.2) is 54.6 Å². The first-order chi connectivity index (χ1) is 16.3. The number of fused-ring (bicyclic) bond motifs is 1. The van der Waals surface area contributed by atoms with E-state index in [4.69, 9.17) is 9.47 Å². The zero-order valence-electron chi connectivity index (χ0n) is 21.0. The number of likely N-dealkylation sites (tertiary alicyclic amines) is 1. The van der Waals surface area contributed by atoms with Crippen molar-refractivity contribution in [2.45, 2.75) is 51.6 Å². The number of methoxy groups -OCH3 is 2. The molecule has 5 nitrogen and oxygen atoms in total. The van der Waals surface area contributed by atoms with Crippen LogP contribution in [0.1, 0.15) is 55.1 Å². The Balaban J connectivity index is 1.38. The van der Waals surface area contributed by atoms with E-state index in [9.17, 15) is 4.79 Å². The minimum atomic E-state index is 0.0137. The average Bonchev–Trinajstić information content (AvgIpc) is 2.84. The second-order valence-electron chi connectivity index (χ2n) is 10.2. The number of carbonyl (C=O) groups is 1. The SMILES string of the molecule is COc1cc(CN2CCC(NC(=O)c3ccc(C(C)(C)C)cc3)CC2)c(OC)c2ccccc12. The van der Waals surface area contributed by atoms with E-state index in [1.807, 2.05) is 24.3 Å². The maximum Gasteiger partial charge on any atom is 0.251 e. The Morgan fingerprint density at radius 2 is 1.62 bits per heavy atom. The molecular weight excluding hydrogens is 424 g/mol. The number of amides is 1. The van der Waals surface area contributed by atoms with Crippen molar-refractivity contribution in [3.8, 4) is 11.5 Å². The molecule has 0 unspecified atom stereocenters. The molecule has 0 radical (unpaired) electrons. The van der Waals surface area contributed by atoms with Crippen LogP contribution in [0.4, 0.5) is 0 Å². The monoisotopic (exact) mass is 460 g/mol. The Kier molecular flexibility index (Phi) is 7.13. The number of ether oxygens (including phenoxy) is 2. The molecule has 0 saturated carbocycles. The normalized spacial score (nSPS) is 15.3. The minimum Gasteiger partial charge on any atom is -0.496 e. The number of rotatable bonds is 6. The Bertz CT molecular complexity index is 1140. The summed E-state index contributed by atoms with van der Waals surface area (Å²) >= 11 is 0. The summed E-state index contributed by atoms with van der Waals surface area (Å²) in [4.78, 5) is 15.2. The van der Waals surface area contributed by atoms with Gasteiger partial charge in [-0.2, -0.15) is 0 Å². The molecule has 180 valence electrons. The van der Waals surface area contributed by atoms with Gasteiger partial charge in [-0.1, -0.05) is 57.2 Å². The van der Waals surface area contributed by atoms with Crippen molar-refractivity contribution in [2.24, 2.45) is 0 Å². The summed E-state index contributed by atoms with van der Waals surface area (Å²) in [6.45, 7) is 9.18. The second kappa shape index (κ2) is 10.1. The number of hydrogen-bond donors (Lipinski definition) is 1. The maximum atomic E-state index is 12.8. The van der Waals surface area contributed by atoms with Gasteiger partial charge in [0.15, 0.2) is 0 Å². The quantitative estimate of drug-likeness (QED) is 0.524. The lowest BCUT2D eigenvalue weighted by atomic mass is 9.86. The fraction of sp³-hybridized carbons (Fsp3) is 0.414. The largest absolute Gasteiger partial charge is 0.496 e. The van der Waals surface area contributed by atoms with E-state index in [0.29, 0.717) is 0 Å². The van der Waals surface area contributed by atoms with Gasteiger partial charge in [-0.15, -0.1) is 0 Å². The van der Waals surface area contributed by atoms with Gasteiger partial charge in [-0.05, 0) is 42.0 Å². The summed E-state index contributed by atoms with van der Waals surface area (Å²) in [5.41, 5.74) is 3.17. The molecule has 1 aliphatic heterocycles. The van der Waals surface area contributed by atoms with Crippen molar-refractivity contribution >= 4 is 16.7 Å². The van der Waals surface area contributed by atoms with Crippen LogP contribution >= 0.6 is 0 Å². The van der Waals surface area contributed by atoms with Crippen LogP contribution in [-0.2, 0) is 12.0 Å².